The number of hydrogen-bond acceptors (Lipinski definition) is 1. The van der Waals surface area contributed by atoms with Gasteiger partial charge in [0.15, 0.2) is 0 Å². The average molecular weight is 191 g/mol. The van der Waals surface area contributed by atoms with E-state index in [4.69, 9.17) is 4.74 Å². The minimum atomic E-state index is -0.789. The summed E-state index contributed by atoms with van der Waals surface area (Å²) >= 11 is 0. The van der Waals surface area contributed by atoms with E-state index >= 15 is 0 Å². The second kappa shape index (κ2) is 3.96. The lowest BCUT2D eigenvalue weighted by atomic mass is 10.3. The first kappa shape index (κ1) is 8.81. The van der Waals surface area contributed by atoms with Crippen molar-refractivity contribution in [2.24, 2.45) is 0 Å². The van der Waals surface area contributed by atoms with Crippen LogP contribution in [0.1, 0.15) is 0 Å². The molecular formula is C11H10FNO. The van der Waals surface area contributed by atoms with Crippen LogP contribution in [-0.4, -0.2) is 11.4 Å². The number of halogens is 1. The molecule has 3 heteroatoms. The predicted octanol–water partition coefficient (Wildman–Crippen LogP) is 2.78. The van der Waals surface area contributed by atoms with Crippen molar-refractivity contribution in [3.8, 4) is 11.4 Å². The van der Waals surface area contributed by atoms with Crippen molar-refractivity contribution in [2.75, 3.05) is 6.86 Å². The van der Waals surface area contributed by atoms with E-state index in [2.05, 4.69) is 0 Å². The molecule has 14 heavy (non-hydrogen) atoms. The number of aromatic nitrogens is 1. The summed E-state index contributed by atoms with van der Waals surface area (Å²) in [6, 6.07) is 11.2. The molecule has 1 aromatic heterocycles. The van der Waals surface area contributed by atoms with E-state index in [0.717, 1.165) is 5.69 Å². The molecule has 0 fully saturated rings. The highest BCUT2D eigenvalue weighted by molar-refractivity contribution is 5.37. The summed E-state index contributed by atoms with van der Waals surface area (Å²) in [6.45, 7) is -0.789. The zero-order valence-corrected chi connectivity index (χ0v) is 7.56. The second-order valence-corrected chi connectivity index (χ2v) is 2.84. The van der Waals surface area contributed by atoms with Crippen LogP contribution in [0.15, 0.2) is 48.8 Å². The zero-order valence-electron chi connectivity index (χ0n) is 7.56. The van der Waals surface area contributed by atoms with Gasteiger partial charge in [-0.25, -0.2) is 4.39 Å². The molecule has 0 saturated heterocycles. The van der Waals surface area contributed by atoms with Gasteiger partial charge in [0.05, 0.1) is 0 Å². The zero-order chi connectivity index (χ0) is 9.80. The molecule has 2 nitrogen and oxygen atoms in total. The van der Waals surface area contributed by atoms with Crippen molar-refractivity contribution in [1.82, 2.24) is 4.57 Å². The van der Waals surface area contributed by atoms with E-state index in [1.165, 1.54) is 0 Å². The summed E-state index contributed by atoms with van der Waals surface area (Å²) in [5.74, 6) is 0.545. The van der Waals surface area contributed by atoms with Crippen molar-refractivity contribution < 1.29 is 9.13 Å². The summed E-state index contributed by atoms with van der Waals surface area (Å²) < 4.78 is 18.5. The van der Waals surface area contributed by atoms with Crippen LogP contribution in [0.3, 0.4) is 0 Å². The van der Waals surface area contributed by atoms with E-state index in [1.807, 2.05) is 41.2 Å². The number of ether oxygens (including phenoxy) is 1. The van der Waals surface area contributed by atoms with Crippen LogP contribution in [0.25, 0.3) is 5.69 Å². The number of hydrogen-bond donors (Lipinski definition) is 0. The molecule has 0 atom stereocenters. The van der Waals surface area contributed by atoms with Gasteiger partial charge in [0, 0.05) is 18.1 Å². The van der Waals surface area contributed by atoms with Gasteiger partial charge in [0.2, 0.25) is 6.86 Å². The minimum Gasteiger partial charge on any atom is -0.463 e. The lowest BCUT2D eigenvalue weighted by molar-refractivity contribution is 0.192. The van der Waals surface area contributed by atoms with Gasteiger partial charge in [-0.2, -0.15) is 0 Å². The van der Waals surface area contributed by atoms with E-state index < -0.39 is 6.86 Å². The summed E-state index contributed by atoms with van der Waals surface area (Å²) in [7, 11) is 0. The molecule has 0 unspecified atom stereocenters. The van der Waals surface area contributed by atoms with Gasteiger partial charge >= 0.3 is 0 Å². The number of benzene rings is 1. The van der Waals surface area contributed by atoms with Crippen molar-refractivity contribution in [3.63, 3.8) is 0 Å². The Morgan fingerprint density at radius 1 is 1.07 bits per heavy atom. The van der Waals surface area contributed by atoms with Gasteiger partial charge in [-0.3, -0.25) is 0 Å². The number of alkyl halides is 1. The van der Waals surface area contributed by atoms with Crippen molar-refractivity contribution in [1.29, 1.82) is 0 Å². The fraction of sp³-hybridized carbons (Fsp3) is 0.0909. The molecule has 2 rings (SSSR count). The van der Waals surface area contributed by atoms with Gasteiger partial charge in [-0.05, 0) is 36.4 Å². The Morgan fingerprint density at radius 3 is 2.29 bits per heavy atom. The van der Waals surface area contributed by atoms with Crippen LogP contribution in [0, 0.1) is 0 Å². The Balaban J connectivity index is 2.22. The molecule has 0 aliphatic rings. The predicted molar refractivity (Wildman–Crippen MR) is 52.4 cm³/mol. The molecule has 0 aliphatic heterocycles. The standard InChI is InChI=1S/C11H10FNO/c12-9-14-11-5-3-10(4-6-11)13-7-1-2-8-13/h1-8H,9H2. The molecule has 0 spiro atoms. The maximum Gasteiger partial charge on any atom is 0.228 e. The highest BCUT2D eigenvalue weighted by Crippen LogP contribution is 2.15. The van der Waals surface area contributed by atoms with Gasteiger partial charge in [0.25, 0.3) is 0 Å². The molecular weight excluding hydrogens is 181 g/mol. The largest absolute Gasteiger partial charge is 0.463 e. The minimum absolute atomic E-state index is 0.545. The fourth-order valence-electron chi connectivity index (χ4n) is 1.28. The van der Waals surface area contributed by atoms with E-state index in [9.17, 15) is 4.39 Å². The van der Waals surface area contributed by atoms with Gasteiger partial charge in [-0.15, -0.1) is 0 Å². The molecule has 0 bridgehead atoms. The first-order valence-electron chi connectivity index (χ1n) is 4.32. The van der Waals surface area contributed by atoms with Crippen LogP contribution >= 0.6 is 0 Å². The molecule has 0 aliphatic carbocycles. The Hall–Kier alpha value is -1.77. The van der Waals surface area contributed by atoms with E-state index in [-0.39, 0.29) is 0 Å². The van der Waals surface area contributed by atoms with Crippen molar-refractivity contribution in [3.05, 3.63) is 48.8 Å². The van der Waals surface area contributed by atoms with Gasteiger partial charge < -0.3 is 9.30 Å². The summed E-state index contributed by atoms with van der Waals surface area (Å²) in [5.41, 5.74) is 1.03. The smallest absolute Gasteiger partial charge is 0.228 e. The molecule has 1 heterocycles. The van der Waals surface area contributed by atoms with Crippen LogP contribution in [0.2, 0.25) is 0 Å². The lowest BCUT2D eigenvalue weighted by Gasteiger charge is -2.04. The highest BCUT2D eigenvalue weighted by Gasteiger charge is 1.95. The Morgan fingerprint density at radius 2 is 1.71 bits per heavy atom. The number of rotatable bonds is 3. The molecule has 72 valence electrons. The molecule has 0 saturated carbocycles. The van der Waals surface area contributed by atoms with Crippen molar-refractivity contribution in [2.45, 2.75) is 0 Å². The monoisotopic (exact) mass is 191 g/mol. The maximum absolute atomic E-state index is 11.8. The fourth-order valence-corrected chi connectivity index (χ4v) is 1.28. The van der Waals surface area contributed by atoms with E-state index in [0.29, 0.717) is 5.75 Å². The molecule has 0 radical (unpaired) electrons. The SMILES string of the molecule is FCOc1ccc(-n2cccc2)cc1. The molecule has 1 aromatic carbocycles. The molecule has 0 amide bonds. The average Bonchev–Trinajstić information content (AvgIpc) is 2.72. The van der Waals surface area contributed by atoms with Gasteiger partial charge in [0.1, 0.15) is 5.75 Å². The van der Waals surface area contributed by atoms with Crippen LogP contribution in [0.4, 0.5) is 4.39 Å². The lowest BCUT2D eigenvalue weighted by Crippen LogP contribution is -1.92. The summed E-state index contributed by atoms with van der Waals surface area (Å²) in [5, 5.41) is 0. The second-order valence-electron chi connectivity index (χ2n) is 2.84. The normalized spacial score (nSPS) is 10.1. The van der Waals surface area contributed by atoms with Gasteiger partial charge in [-0.1, -0.05) is 0 Å². The van der Waals surface area contributed by atoms with Crippen LogP contribution < -0.4 is 4.74 Å². The Labute approximate surface area is 81.6 Å². The summed E-state index contributed by atoms with van der Waals surface area (Å²) in [6.07, 6.45) is 3.90. The Bertz CT molecular complexity index is 380. The Kier molecular flexibility index (Phi) is 2.49. The topological polar surface area (TPSA) is 14.2 Å². The number of nitrogens with zero attached hydrogens (tertiary/aromatic N) is 1. The third-order valence-electron chi connectivity index (χ3n) is 1.96. The van der Waals surface area contributed by atoms with E-state index in [1.54, 1.807) is 12.1 Å². The first-order chi connectivity index (χ1) is 6.90. The first-order valence-corrected chi connectivity index (χ1v) is 4.32. The highest BCUT2D eigenvalue weighted by atomic mass is 19.1. The quantitative estimate of drug-likeness (QED) is 0.727. The maximum atomic E-state index is 11.8. The third kappa shape index (κ3) is 1.76. The molecule has 2 aromatic rings. The van der Waals surface area contributed by atoms with Crippen LogP contribution in [-0.2, 0) is 0 Å². The van der Waals surface area contributed by atoms with Crippen molar-refractivity contribution >= 4 is 0 Å². The molecule has 0 N–H and O–H groups in total. The van der Waals surface area contributed by atoms with Crippen LogP contribution in [0.5, 0.6) is 5.75 Å². The third-order valence-corrected chi connectivity index (χ3v) is 1.96. The summed E-state index contributed by atoms with van der Waals surface area (Å²) in [4.78, 5) is 0.